The van der Waals surface area contributed by atoms with Crippen LogP contribution in [-0.4, -0.2) is 19.1 Å². The largest absolute Gasteiger partial charge is 0.371 e. The average Bonchev–Trinajstić information content (AvgIpc) is 3.12. The van der Waals surface area contributed by atoms with Crippen molar-refractivity contribution in [1.29, 1.82) is 0 Å². The Morgan fingerprint density at radius 1 is 1.44 bits per heavy atom. The highest BCUT2D eigenvalue weighted by molar-refractivity contribution is 9.10. The number of hydrogen-bond donors (Lipinski definition) is 1. The number of benzene rings is 1. The van der Waals surface area contributed by atoms with Crippen molar-refractivity contribution in [2.75, 3.05) is 18.0 Å². The van der Waals surface area contributed by atoms with E-state index in [-0.39, 0.29) is 6.04 Å². The highest BCUT2D eigenvalue weighted by Gasteiger charge is 2.24. The van der Waals surface area contributed by atoms with Crippen molar-refractivity contribution in [3.8, 4) is 0 Å². The van der Waals surface area contributed by atoms with Crippen LogP contribution in [0, 0.1) is 5.92 Å². The van der Waals surface area contributed by atoms with Gasteiger partial charge in [-0.15, -0.1) is 0 Å². The monoisotopic (exact) mass is 310 g/mol. The van der Waals surface area contributed by atoms with E-state index in [2.05, 4.69) is 52.9 Å². The first-order valence-electron chi connectivity index (χ1n) is 6.89. The molecule has 1 aromatic carbocycles. The van der Waals surface area contributed by atoms with Gasteiger partial charge >= 0.3 is 0 Å². The molecule has 2 nitrogen and oxygen atoms in total. The normalized spacial score (nSPS) is 16.7. The van der Waals surface area contributed by atoms with Crippen LogP contribution >= 0.6 is 15.9 Å². The van der Waals surface area contributed by atoms with Crippen LogP contribution in [0.5, 0.6) is 0 Å². The molecule has 100 valence electrons. The van der Waals surface area contributed by atoms with Gasteiger partial charge in [-0.05, 0) is 56.7 Å². The van der Waals surface area contributed by atoms with Crippen LogP contribution in [0.4, 0.5) is 5.69 Å². The van der Waals surface area contributed by atoms with E-state index in [0.29, 0.717) is 0 Å². The third kappa shape index (κ3) is 3.72. The van der Waals surface area contributed by atoms with Gasteiger partial charge in [0.2, 0.25) is 0 Å². The molecule has 2 rings (SSSR count). The maximum atomic E-state index is 5.96. The van der Waals surface area contributed by atoms with Gasteiger partial charge in [0.15, 0.2) is 0 Å². The predicted octanol–water partition coefficient (Wildman–Crippen LogP) is 3.58. The number of rotatable bonds is 6. The first-order valence-corrected chi connectivity index (χ1v) is 7.68. The number of nitrogens with two attached hydrogens (primary N) is 1. The van der Waals surface area contributed by atoms with Crippen molar-refractivity contribution in [2.45, 2.75) is 39.2 Å². The first-order chi connectivity index (χ1) is 8.60. The lowest BCUT2D eigenvalue weighted by Gasteiger charge is -2.26. The Kier molecular flexibility index (Phi) is 4.68. The highest BCUT2D eigenvalue weighted by Crippen LogP contribution is 2.33. The van der Waals surface area contributed by atoms with Crippen molar-refractivity contribution in [1.82, 2.24) is 0 Å². The number of nitrogens with zero attached hydrogens (tertiary/aromatic N) is 1. The van der Waals surface area contributed by atoms with Gasteiger partial charge < -0.3 is 10.6 Å². The molecule has 1 atom stereocenters. The lowest BCUT2D eigenvalue weighted by atomic mass is 10.0. The van der Waals surface area contributed by atoms with Gasteiger partial charge in [-0.25, -0.2) is 0 Å². The fourth-order valence-electron chi connectivity index (χ4n) is 2.36. The van der Waals surface area contributed by atoms with Crippen molar-refractivity contribution >= 4 is 21.6 Å². The Bertz CT molecular complexity index is 399. The summed E-state index contributed by atoms with van der Waals surface area (Å²) in [6.45, 7) is 6.57. The molecule has 1 fully saturated rings. The minimum absolute atomic E-state index is 0.213. The fraction of sp³-hybridized carbons (Fsp3) is 0.600. The van der Waals surface area contributed by atoms with Gasteiger partial charge in [-0.2, -0.15) is 0 Å². The third-order valence-corrected chi connectivity index (χ3v) is 3.98. The summed E-state index contributed by atoms with van der Waals surface area (Å²) in [5.74, 6) is 0.909. The van der Waals surface area contributed by atoms with E-state index in [1.54, 1.807) is 0 Å². The average molecular weight is 311 g/mol. The molecule has 0 aromatic heterocycles. The maximum Gasteiger partial charge on any atom is 0.0410 e. The Morgan fingerprint density at radius 3 is 2.72 bits per heavy atom. The van der Waals surface area contributed by atoms with E-state index in [1.807, 2.05) is 0 Å². The molecule has 0 radical (unpaired) electrons. The summed E-state index contributed by atoms with van der Waals surface area (Å²) in [4.78, 5) is 2.50. The van der Waals surface area contributed by atoms with Gasteiger partial charge in [0, 0.05) is 29.3 Å². The van der Waals surface area contributed by atoms with E-state index >= 15 is 0 Å². The minimum atomic E-state index is 0.213. The summed E-state index contributed by atoms with van der Waals surface area (Å²) in [6, 6.07) is 6.78. The quantitative estimate of drug-likeness (QED) is 0.870. The molecule has 1 saturated carbocycles. The fourth-order valence-corrected chi connectivity index (χ4v) is 2.71. The Hall–Kier alpha value is -0.540. The summed E-state index contributed by atoms with van der Waals surface area (Å²) >= 11 is 3.58. The summed E-state index contributed by atoms with van der Waals surface area (Å²) < 4.78 is 1.15. The molecule has 0 spiro atoms. The summed E-state index contributed by atoms with van der Waals surface area (Å²) in [6.07, 6.45) is 3.74. The highest BCUT2D eigenvalue weighted by atomic mass is 79.9. The van der Waals surface area contributed by atoms with Crippen molar-refractivity contribution < 1.29 is 0 Å². The molecule has 0 amide bonds. The van der Waals surface area contributed by atoms with Crippen LogP contribution < -0.4 is 10.6 Å². The van der Waals surface area contributed by atoms with E-state index in [0.717, 1.165) is 23.4 Å². The second-order valence-electron chi connectivity index (χ2n) is 5.44. The van der Waals surface area contributed by atoms with Crippen LogP contribution in [0.15, 0.2) is 22.7 Å². The molecular weight excluding hydrogens is 288 g/mol. The van der Waals surface area contributed by atoms with Crippen molar-refractivity contribution in [3.63, 3.8) is 0 Å². The predicted molar refractivity (Wildman–Crippen MR) is 82.1 cm³/mol. The molecule has 1 aliphatic carbocycles. The lowest BCUT2D eigenvalue weighted by molar-refractivity contribution is 0.713. The van der Waals surface area contributed by atoms with Crippen LogP contribution in [0.3, 0.4) is 0 Å². The van der Waals surface area contributed by atoms with Crippen molar-refractivity contribution in [3.05, 3.63) is 28.2 Å². The molecule has 1 aromatic rings. The van der Waals surface area contributed by atoms with E-state index in [9.17, 15) is 0 Å². The zero-order valence-electron chi connectivity index (χ0n) is 11.3. The molecule has 2 N–H and O–H groups in total. The van der Waals surface area contributed by atoms with Crippen molar-refractivity contribution in [2.24, 2.45) is 11.7 Å². The number of hydrogen-bond acceptors (Lipinski definition) is 2. The lowest BCUT2D eigenvalue weighted by Crippen LogP contribution is -2.27. The summed E-state index contributed by atoms with van der Waals surface area (Å²) in [7, 11) is 0. The van der Waals surface area contributed by atoms with Gasteiger partial charge in [0.1, 0.15) is 0 Å². The summed E-state index contributed by atoms with van der Waals surface area (Å²) in [5.41, 5.74) is 8.68. The van der Waals surface area contributed by atoms with Crippen LogP contribution in [0.25, 0.3) is 0 Å². The number of halogens is 1. The SMILES string of the molecule is CCN(CC1CC1)c1cc(Br)ccc1CC(C)N. The van der Waals surface area contributed by atoms with Gasteiger partial charge in [0.25, 0.3) is 0 Å². The maximum absolute atomic E-state index is 5.96. The van der Waals surface area contributed by atoms with Gasteiger partial charge in [0.05, 0.1) is 0 Å². The van der Waals surface area contributed by atoms with Gasteiger partial charge in [-0.1, -0.05) is 22.0 Å². The topological polar surface area (TPSA) is 29.3 Å². The molecule has 1 aliphatic rings. The molecule has 18 heavy (non-hydrogen) atoms. The van der Waals surface area contributed by atoms with E-state index in [1.165, 1.54) is 30.6 Å². The second-order valence-corrected chi connectivity index (χ2v) is 6.35. The zero-order valence-corrected chi connectivity index (χ0v) is 12.9. The smallest absolute Gasteiger partial charge is 0.0410 e. The summed E-state index contributed by atoms with van der Waals surface area (Å²) in [5, 5.41) is 0. The molecule has 0 saturated heterocycles. The molecule has 0 bridgehead atoms. The molecule has 3 heteroatoms. The molecule has 1 unspecified atom stereocenters. The Morgan fingerprint density at radius 2 is 2.17 bits per heavy atom. The molecular formula is C15H23BrN2. The Labute approximate surface area is 119 Å². The Balaban J connectivity index is 2.23. The molecule has 0 heterocycles. The van der Waals surface area contributed by atoms with E-state index < -0.39 is 0 Å². The minimum Gasteiger partial charge on any atom is -0.371 e. The standard InChI is InChI=1S/C15H23BrN2/c1-3-18(10-12-4-5-12)15-9-14(16)7-6-13(15)8-11(2)17/h6-7,9,11-12H,3-5,8,10,17H2,1-2H3. The zero-order chi connectivity index (χ0) is 13.1. The van der Waals surface area contributed by atoms with Gasteiger partial charge in [-0.3, -0.25) is 0 Å². The van der Waals surface area contributed by atoms with E-state index in [4.69, 9.17) is 5.73 Å². The second kappa shape index (κ2) is 6.07. The third-order valence-electron chi connectivity index (χ3n) is 3.49. The van der Waals surface area contributed by atoms with Crippen LogP contribution in [0.2, 0.25) is 0 Å². The number of anilines is 1. The first kappa shape index (κ1) is 13.9. The molecule has 0 aliphatic heterocycles. The van der Waals surface area contributed by atoms with Crippen LogP contribution in [0.1, 0.15) is 32.3 Å². The van der Waals surface area contributed by atoms with Crippen LogP contribution in [-0.2, 0) is 6.42 Å².